The van der Waals surface area contributed by atoms with Gasteiger partial charge in [-0.05, 0) is 31.2 Å². The van der Waals surface area contributed by atoms with Gasteiger partial charge in [-0.25, -0.2) is 13.1 Å². The smallest absolute Gasteiger partial charge is 0.258 e. The Balaban J connectivity index is 1.90. The topological polar surface area (TPSA) is 89.3 Å². The predicted molar refractivity (Wildman–Crippen MR) is 80.5 cm³/mol. The number of nitrogens with zero attached hydrogens (tertiary/aromatic N) is 1. The first-order valence-electron chi connectivity index (χ1n) is 6.86. The third-order valence-electron chi connectivity index (χ3n) is 3.39. The van der Waals surface area contributed by atoms with E-state index < -0.39 is 14.9 Å². The minimum Gasteiger partial charge on any atom is -0.258 e. The summed E-state index contributed by atoms with van der Waals surface area (Å²) in [4.78, 5) is 10.1. The van der Waals surface area contributed by atoms with E-state index in [1.165, 1.54) is 12.1 Å². The number of nitro benzene ring substituents is 1. The minimum atomic E-state index is -3.34. The quantitative estimate of drug-likeness (QED) is 0.495. The molecule has 1 N–H and O–H groups in total. The molecule has 0 saturated heterocycles. The van der Waals surface area contributed by atoms with Crippen LogP contribution in [0.5, 0.6) is 0 Å². The first kappa shape index (κ1) is 15.7. The van der Waals surface area contributed by atoms with E-state index in [9.17, 15) is 18.5 Å². The number of rotatable bonds is 6. The fourth-order valence-corrected chi connectivity index (χ4v) is 3.52. The molecule has 0 saturated carbocycles. The molecule has 0 unspecified atom stereocenters. The number of nitro groups is 1. The normalized spacial score (nSPS) is 18.6. The highest BCUT2D eigenvalue weighted by Gasteiger charge is 2.17. The first-order chi connectivity index (χ1) is 9.96. The Morgan fingerprint density at radius 3 is 2.57 bits per heavy atom. The van der Waals surface area contributed by atoms with Crippen LogP contribution in [0.4, 0.5) is 5.69 Å². The van der Waals surface area contributed by atoms with Crippen LogP contribution < -0.4 is 4.72 Å². The molecule has 1 aromatic rings. The predicted octanol–water partition coefficient (Wildman–Crippen LogP) is 2.17. The SMILES string of the molecule is O=[N+]([O-])c1ccc(CCS(=O)(=O)N[C@@H]2C=CCCC2)cc1. The van der Waals surface area contributed by atoms with Gasteiger partial charge in [-0.2, -0.15) is 0 Å². The lowest BCUT2D eigenvalue weighted by molar-refractivity contribution is -0.384. The molecule has 1 atom stereocenters. The Morgan fingerprint density at radius 1 is 1.29 bits per heavy atom. The number of allylic oxidation sites excluding steroid dienone is 1. The van der Waals surface area contributed by atoms with Gasteiger partial charge < -0.3 is 0 Å². The monoisotopic (exact) mass is 310 g/mol. The van der Waals surface area contributed by atoms with Gasteiger partial charge in [-0.15, -0.1) is 0 Å². The molecule has 7 heteroatoms. The van der Waals surface area contributed by atoms with Crippen molar-refractivity contribution < 1.29 is 13.3 Å². The lowest BCUT2D eigenvalue weighted by atomic mass is 10.0. The van der Waals surface area contributed by atoms with Crippen LogP contribution in [0.3, 0.4) is 0 Å². The largest absolute Gasteiger partial charge is 0.269 e. The molecular weight excluding hydrogens is 292 g/mol. The number of hydrogen-bond donors (Lipinski definition) is 1. The molecule has 1 aromatic carbocycles. The molecular formula is C14H18N2O4S. The Hall–Kier alpha value is -1.73. The summed E-state index contributed by atoms with van der Waals surface area (Å²) in [6.07, 6.45) is 7.05. The van der Waals surface area contributed by atoms with E-state index >= 15 is 0 Å². The Labute approximate surface area is 124 Å². The molecule has 21 heavy (non-hydrogen) atoms. The van der Waals surface area contributed by atoms with Crippen molar-refractivity contribution in [1.82, 2.24) is 4.72 Å². The Kier molecular flexibility index (Phi) is 5.08. The van der Waals surface area contributed by atoms with Crippen molar-refractivity contribution in [2.45, 2.75) is 31.7 Å². The van der Waals surface area contributed by atoms with Gasteiger partial charge in [0.25, 0.3) is 5.69 Å². The number of aryl methyl sites for hydroxylation is 1. The van der Waals surface area contributed by atoms with Gasteiger partial charge in [-0.1, -0.05) is 24.3 Å². The molecule has 1 aliphatic rings. The van der Waals surface area contributed by atoms with Gasteiger partial charge in [0.2, 0.25) is 10.0 Å². The van der Waals surface area contributed by atoms with E-state index in [-0.39, 0.29) is 17.5 Å². The highest BCUT2D eigenvalue weighted by Crippen LogP contribution is 2.14. The van der Waals surface area contributed by atoms with Crippen molar-refractivity contribution in [2.24, 2.45) is 0 Å². The van der Waals surface area contributed by atoms with Crippen LogP contribution in [0.15, 0.2) is 36.4 Å². The number of sulfonamides is 1. The van der Waals surface area contributed by atoms with E-state index in [1.54, 1.807) is 12.1 Å². The first-order valence-corrected chi connectivity index (χ1v) is 8.51. The van der Waals surface area contributed by atoms with Crippen LogP contribution in [0, 0.1) is 10.1 Å². The number of nitrogens with one attached hydrogen (secondary N) is 1. The van der Waals surface area contributed by atoms with Crippen LogP contribution >= 0.6 is 0 Å². The summed E-state index contributed by atoms with van der Waals surface area (Å²) in [7, 11) is -3.34. The van der Waals surface area contributed by atoms with E-state index in [0.29, 0.717) is 6.42 Å². The fraction of sp³-hybridized carbons (Fsp3) is 0.429. The van der Waals surface area contributed by atoms with Gasteiger partial charge in [0.05, 0.1) is 10.7 Å². The zero-order chi connectivity index (χ0) is 15.3. The Bertz CT molecular complexity index is 623. The second-order valence-corrected chi connectivity index (χ2v) is 6.95. The van der Waals surface area contributed by atoms with Crippen LogP contribution in [0.2, 0.25) is 0 Å². The number of benzene rings is 1. The lowest BCUT2D eigenvalue weighted by Crippen LogP contribution is -2.36. The average Bonchev–Trinajstić information content (AvgIpc) is 2.46. The number of non-ortho nitro benzene ring substituents is 1. The van der Waals surface area contributed by atoms with E-state index in [2.05, 4.69) is 4.72 Å². The maximum atomic E-state index is 12.0. The summed E-state index contributed by atoms with van der Waals surface area (Å²) in [5.74, 6) is -0.0187. The summed E-state index contributed by atoms with van der Waals surface area (Å²) in [6.45, 7) is 0. The van der Waals surface area contributed by atoms with Gasteiger partial charge in [-0.3, -0.25) is 10.1 Å². The van der Waals surface area contributed by atoms with Crippen molar-refractivity contribution in [3.8, 4) is 0 Å². The fourth-order valence-electron chi connectivity index (χ4n) is 2.24. The second kappa shape index (κ2) is 6.82. The highest BCUT2D eigenvalue weighted by atomic mass is 32.2. The van der Waals surface area contributed by atoms with Crippen molar-refractivity contribution >= 4 is 15.7 Å². The minimum absolute atomic E-state index is 0.00655. The molecule has 114 valence electrons. The molecule has 6 nitrogen and oxygen atoms in total. The number of hydrogen-bond acceptors (Lipinski definition) is 4. The maximum Gasteiger partial charge on any atom is 0.269 e. The summed E-state index contributed by atoms with van der Waals surface area (Å²) >= 11 is 0. The van der Waals surface area contributed by atoms with E-state index in [0.717, 1.165) is 24.8 Å². The second-order valence-electron chi connectivity index (χ2n) is 5.08. The van der Waals surface area contributed by atoms with Crippen LogP contribution in [0.1, 0.15) is 24.8 Å². The van der Waals surface area contributed by atoms with Crippen molar-refractivity contribution in [2.75, 3.05) is 5.75 Å². The van der Waals surface area contributed by atoms with Gasteiger partial charge >= 0.3 is 0 Å². The van der Waals surface area contributed by atoms with Gasteiger partial charge in [0.1, 0.15) is 0 Å². The highest BCUT2D eigenvalue weighted by molar-refractivity contribution is 7.89. The molecule has 2 rings (SSSR count). The molecule has 0 radical (unpaired) electrons. The van der Waals surface area contributed by atoms with Gasteiger partial charge in [0, 0.05) is 18.2 Å². The maximum absolute atomic E-state index is 12.0. The summed E-state index contributed by atoms with van der Waals surface area (Å²) in [6, 6.07) is 5.85. The molecule has 0 aromatic heterocycles. The molecule has 0 fully saturated rings. The van der Waals surface area contributed by atoms with Crippen molar-refractivity contribution in [1.29, 1.82) is 0 Å². The van der Waals surface area contributed by atoms with Crippen molar-refractivity contribution in [3.63, 3.8) is 0 Å². The molecule has 0 heterocycles. The molecule has 0 spiro atoms. The zero-order valence-corrected chi connectivity index (χ0v) is 12.4. The summed E-state index contributed by atoms with van der Waals surface area (Å²) < 4.78 is 26.7. The summed E-state index contributed by atoms with van der Waals surface area (Å²) in [5, 5.41) is 10.5. The molecule has 0 amide bonds. The average molecular weight is 310 g/mol. The van der Waals surface area contributed by atoms with E-state index in [4.69, 9.17) is 0 Å². The van der Waals surface area contributed by atoms with Crippen LogP contribution in [0.25, 0.3) is 0 Å². The molecule has 0 bridgehead atoms. The van der Waals surface area contributed by atoms with Crippen molar-refractivity contribution in [3.05, 3.63) is 52.1 Å². The Morgan fingerprint density at radius 2 is 2.00 bits per heavy atom. The lowest BCUT2D eigenvalue weighted by Gasteiger charge is -2.17. The van der Waals surface area contributed by atoms with Crippen LogP contribution in [-0.2, 0) is 16.4 Å². The van der Waals surface area contributed by atoms with E-state index in [1.807, 2.05) is 12.2 Å². The molecule has 0 aliphatic heterocycles. The third kappa shape index (κ3) is 4.95. The molecule has 1 aliphatic carbocycles. The standard InChI is InChI=1S/C14H18N2O4S/c17-16(18)14-8-6-12(7-9-14)10-11-21(19,20)15-13-4-2-1-3-5-13/h2,4,6-9,13,15H,1,3,5,10-11H2/t13-/m1/s1. The summed E-state index contributed by atoms with van der Waals surface area (Å²) in [5.41, 5.74) is 0.775. The van der Waals surface area contributed by atoms with Gasteiger partial charge in [0.15, 0.2) is 0 Å². The van der Waals surface area contributed by atoms with Crippen LogP contribution in [-0.4, -0.2) is 25.1 Å². The third-order valence-corrected chi connectivity index (χ3v) is 4.80. The zero-order valence-electron chi connectivity index (χ0n) is 11.6.